The maximum atomic E-state index is 12.3. The van der Waals surface area contributed by atoms with Crippen LogP contribution in [0.5, 0.6) is 0 Å². The summed E-state index contributed by atoms with van der Waals surface area (Å²) in [4.78, 5) is 26.4. The van der Waals surface area contributed by atoms with Crippen molar-refractivity contribution in [1.29, 1.82) is 0 Å². The standard InChI is InChI=1S/C12H15ClN2O2S/c1-14-11(16)8-4-2-3-7-15(8)12(17)9-5-6-10(13)18-9/h5-6,8H,2-4,7H2,1H3,(H,14,16)/t8-/m1/s1. The van der Waals surface area contributed by atoms with Crippen LogP contribution in [0.3, 0.4) is 0 Å². The van der Waals surface area contributed by atoms with E-state index in [0.29, 0.717) is 15.8 Å². The fourth-order valence-electron chi connectivity index (χ4n) is 2.18. The Morgan fingerprint density at radius 3 is 2.83 bits per heavy atom. The SMILES string of the molecule is CNC(=O)[C@H]1CCCCN1C(=O)c1ccc(Cl)s1. The van der Waals surface area contributed by atoms with Crippen LogP contribution in [0.15, 0.2) is 12.1 Å². The van der Waals surface area contributed by atoms with Gasteiger partial charge < -0.3 is 10.2 Å². The maximum Gasteiger partial charge on any atom is 0.264 e. The number of nitrogens with zero attached hydrogens (tertiary/aromatic N) is 1. The lowest BCUT2D eigenvalue weighted by Crippen LogP contribution is -2.51. The molecule has 1 aliphatic rings. The van der Waals surface area contributed by atoms with Gasteiger partial charge >= 0.3 is 0 Å². The Balaban J connectivity index is 2.18. The second-order valence-electron chi connectivity index (χ2n) is 4.23. The summed E-state index contributed by atoms with van der Waals surface area (Å²) < 4.78 is 0.590. The van der Waals surface area contributed by atoms with Crippen LogP contribution in [-0.4, -0.2) is 36.3 Å². The average molecular weight is 287 g/mol. The zero-order valence-corrected chi connectivity index (χ0v) is 11.7. The van der Waals surface area contributed by atoms with Gasteiger partial charge in [0.25, 0.3) is 5.91 Å². The fourth-order valence-corrected chi connectivity index (χ4v) is 3.18. The van der Waals surface area contributed by atoms with Gasteiger partial charge in [0.15, 0.2) is 0 Å². The normalized spacial score (nSPS) is 19.7. The van der Waals surface area contributed by atoms with Crippen LogP contribution in [0.25, 0.3) is 0 Å². The number of likely N-dealkylation sites (N-methyl/N-ethyl adjacent to an activating group) is 1. The van der Waals surface area contributed by atoms with E-state index in [4.69, 9.17) is 11.6 Å². The summed E-state index contributed by atoms with van der Waals surface area (Å²) in [5, 5.41) is 2.62. The highest BCUT2D eigenvalue weighted by atomic mass is 35.5. The molecule has 4 nitrogen and oxygen atoms in total. The molecule has 1 aliphatic heterocycles. The van der Waals surface area contributed by atoms with Crippen molar-refractivity contribution >= 4 is 34.8 Å². The molecule has 0 radical (unpaired) electrons. The van der Waals surface area contributed by atoms with Crippen LogP contribution in [0.4, 0.5) is 0 Å². The zero-order valence-electron chi connectivity index (χ0n) is 10.1. The van der Waals surface area contributed by atoms with Crippen LogP contribution in [0.2, 0.25) is 4.34 Å². The highest BCUT2D eigenvalue weighted by Gasteiger charge is 2.32. The fraction of sp³-hybridized carbons (Fsp3) is 0.500. The van der Waals surface area contributed by atoms with E-state index in [1.165, 1.54) is 11.3 Å². The molecule has 1 aromatic rings. The van der Waals surface area contributed by atoms with E-state index in [1.807, 2.05) is 0 Å². The number of hydrogen-bond acceptors (Lipinski definition) is 3. The van der Waals surface area contributed by atoms with Gasteiger partial charge in [-0.1, -0.05) is 11.6 Å². The van der Waals surface area contributed by atoms with E-state index in [2.05, 4.69) is 5.32 Å². The lowest BCUT2D eigenvalue weighted by Gasteiger charge is -2.34. The molecule has 18 heavy (non-hydrogen) atoms. The molecule has 0 spiro atoms. The number of rotatable bonds is 2. The minimum absolute atomic E-state index is 0.0919. The summed E-state index contributed by atoms with van der Waals surface area (Å²) in [6.45, 7) is 0.631. The molecule has 1 aromatic heterocycles. The average Bonchev–Trinajstić information content (AvgIpc) is 2.83. The van der Waals surface area contributed by atoms with Gasteiger partial charge in [0.2, 0.25) is 5.91 Å². The van der Waals surface area contributed by atoms with Crippen molar-refractivity contribution < 1.29 is 9.59 Å². The van der Waals surface area contributed by atoms with E-state index < -0.39 is 0 Å². The van der Waals surface area contributed by atoms with Crippen molar-refractivity contribution in [3.8, 4) is 0 Å². The van der Waals surface area contributed by atoms with E-state index in [0.717, 1.165) is 19.3 Å². The van der Waals surface area contributed by atoms with Crippen LogP contribution < -0.4 is 5.32 Å². The number of thiophene rings is 1. The third kappa shape index (κ3) is 2.67. The quantitative estimate of drug-likeness (QED) is 0.905. The number of piperidine rings is 1. The summed E-state index contributed by atoms with van der Waals surface area (Å²) in [6, 6.07) is 3.07. The first-order valence-corrected chi connectivity index (χ1v) is 7.11. The number of carbonyl (C=O) groups excluding carboxylic acids is 2. The van der Waals surface area contributed by atoms with Gasteiger partial charge in [-0.25, -0.2) is 0 Å². The molecule has 0 aromatic carbocycles. The Morgan fingerprint density at radius 1 is 1.44 bits per heavy atom. The lowest BCUT2D eigenvalue weighted by atomic mass is 10.0. The third-order valence-corrected chi connectivity index (χ3v) is 4.32. The first kappa shape index (κ1) is 13.4. The first-order valence-electron chi connectivity index (χ1n) is 5.91. The van der Waals surface area contributed by atoms with E-state index in [-0.39, 0.29) is 17.9 Å². The molecule has 2 rings (SSSR count). The van der Waals surface area contributed by atoms with Crippen molar-refractivity contribution in [1.82, 2.24) is 10.2 Å². The van der Waals surface area contributed by atoms with Crippen molar-refractivity contribution in [2.75, 3.05) is 13.6 Å². The molecule has 1 fully saturated rings. The Morgan fingerprint density at radius 2 is 2.22 bits per heavy atom. The van der Waals surface area contributed by atoms with Crippen molar-refractivity contribution in [2.45, 2.75) is 25.3 Å². The topological polar surface area (TPSA) is 49.4 Å². The molecule has 0 unspecified atom stereocenters. The predicted molar refractivity (Wildman–Crippen MR) is 72.1 cm³/mol. The Hall–Kier alpha value is -1.07. The number of likely N-dealkylation sites (tertiary alicyclic amines) is 1. The van der Waals surface area contributed by atoms with Gasteiger partial charge in [0, 0.05) is 13.6 Å². The smallest absolute Gasteiger partial charge is 0.264 e. The number of hydrogen-bond donors (Lipinski definition) is 1. The Kier molecular flexibility index (Phi) is 4.24. The van der Waals surface area contributed by atoms with E-state index in [9.17, 15) is 9.59 Å². The molecule has 6 heteroatoms. The second kappa shape index (κ2) is 5.71. The van der Waals surface area contributed by atoms with Gasteiger partial charge in [0.1, 0.15) is 6.04 Å². The highest BCUT2D eigenvalue weighted by molar-refractivity contribution is 7.17. The molecule has 98 valence electrons. The highest BCUT2D eigenvalue weighted by Crippen LogP contribution is 2.26. The van der Waals surface area contributed by atoms with Gasteiger partial charge in [-0.3, -0.25) is 9.59 Å². The number of amides is 2. The minimum atomic E-state index is -0.350. The third-order valence-electron chi connectivity index (χ3n) is 3.10. The predicted octanol–water partition coefficient (Wildman–Crippen LogP) is 2.14. The molecule has 0 bridgehead atoms. The van der Waals surface area contributed by atoms with Crippen molar-refractivity contribution in [3.05, 3.63) is 21.3 Å². The van der Waals surface area contributed by atoms with Gasteiger partial charge in [-0.2, -0.15) is 0 Å². The van der Waals surface area contributed by atoms with E-state index in [1.54, 1.807) is 24.1 Å². The van der Waals surface area contributed by atoms with Crippen molar-refractivity contribution in [3.63, 3.8) is 0 Å². The lowest BCUT2D eigenvalue weighted by molar-refractivity contribution is -0.126. The summed E-state index contributed by atoms with van der Waals surface area (Å²) >= 11 is 7.09. The van der Waals surface area contributed by atoms with Gasteiger partial charge in [-0.05, 0) is 31.4 Å². The maximum absolute atomic E-state index is 12.3. The molecule has 0 aliphatic carbocycles. The molecular weight excluding hydrogens is 272 g/mol. The first-order chi connectivity index (χ1) is 8.63. The molecular formula is C12H15ClN2O2S. The number of nitrogens with one attached hydrogen (secondary N) is 1. The molecule has 0 saturated carbocycles. The summed E-state index contributed by atoms with van der Waals surface area (Å²) in [6.07, 6.45) is 2.65. The van der Waals surface area contributed by atoms with Crippen LogP contribution in [0.1, 0.15) is 28.9 Å². The largest absolute Gasteiger partial charge is 0.357 e. The van der Waals surface area contributed by atoms with Gasteiger partial charge in [-0.15, -0.1) is 11.3 Å². The molecule has 2 heterocycles. The van der Waals surface area contributed by atoms with Crippen LogP contribution >= 0.6 is 22.9 Å². The molecule has 1 saturated heterocycles. The molecule has 1 N–H and O–H groups in total. The number of halogens is 1. The molecule has 1 atom stereocenters. The van der Waals surface area contributed by atoms with Gasteiger partial charge in [0.05, 0.1) is 9.21 Å². The monoisotopic (exact) mass is 286 g/mol. The van der Waals surface area contributed by atoms with E-state index >= 15 is 0 Å². The number of carbonyl (C=O) groups is 2. The second-order valence-corrected chi connectivity index (χ2v) is 5.94. The minimum Gasteiger partial charge on any atom is -0.357 e. The van der Waals surface area contributed by atoms with Crippen LogP contribution in [0, 0.1) is 0 Å². The summed E-state index contributed by atoms with van der Waals surface area (Å²) in [7, 11) is 1.60. The van der Waals surface area contributed by atoms with Crippen LogP contribution in [-0.2, 0) is 4.79 Å². The summed E-state index contributed by atoms with van der Waals surface area (Å²) in [5.74, 6) is -0.189. The Bertz CT molecular complexity index is 461. The van der Waals surface area contributed by atoms with Crippen molar-refractivity contribution in [2.24, 2.45) is 0 Å². The summed E-state index contributed by atoms with van der Waals surface area (Å²) in [5.41, 5.74) is 0. The Labute approximate surface area is 115 Å². The zero-order chi connectivity index (χ0) is 13.1. The molecule has 2 amide bonds.